The SMILES string of the molecule is O=C(O)c1ccccc1C1c2ccccc2Oc2ccccc21. The molecule has 0 aliphatic carbocycles. The summed E-state index contributed by atoms with van der Waals surface area (Å²) in [6, 6.07) is 22.7. The van der Waals surface area contributed by atoms with Gasteiger partial charge in [-0.3, -0.25) is 0 Å². The molecule has 4 rings (SSSR count). The fourth-order valence-corrected chi connectivity index (χ4v) is 3.19. The van der Waals surface area contributed by atoms with E-state index in [9.17, 15) is 9.90 Å². The monoisotopic (exact) mass is 302 g/mol. The molecule has 0 radical (unpaired) electrons. The first kappa shape index (κ1) is 13.6. The number of carboxylic acid groups (broad SMARTS) is 1. The number of benzene rings is 3. The van der Waals surface area contributed by atoms with Crippen LogP contribution in [-0.2, 0) is 0 Å². The third-order valence-corrected chi connectivity index (χ3v) is 4.18. The van der Waals surface area contributed by atoms with E-state index < -0.39 is 5.97 Å². The van der Waals surface area contributed by atoms with Crippen LogP contribution >= 0.6 is 0 Å². The molecule has 0 unspecified atom stereocenters. The highest BCUT2D eigenvalue weighted by molar-refractivity contribution is 5.90. The molecule has 1 aliphatic heterocycles. The summed E-state index contributed by atoms with van der Waals surface area (Å²) >= 11 is 0. The predicted molar refractivity (Wildman–Crippen MR) is 87.3 cm³/mol. The molecule has 0 bridgehead atoms. The maximum absolute atomic E-state index is 11.7. The lowest BCUT2D eigenvalue weighted by Crippen LogP contribution is -2.14. The van der Waals surface area contributed by atoms with Crippen LogP contribution in [0.25, 0.3) is 0 Å². The van der Waals surface area contributed by atoms with Gasteiger partial charge in [-0.15, -0.1) is 0 Å². The minimum Gasteiger partial charge on any atom is -0.478 e. The lowest BCUT2D eigenvalue weighted by atomic mass is 9.81. The molecule has 1 aliphatic rings. The molecular weight excluding hydrogens is 288 g/mol. The normalized spacial score (nSPS) is 12.9. The molecule has 112 valence electrons. The zero-order valence-corrected chi connectivity index (χ0v) is 12.3. The first-order valence-corrected chi connectivity index (χ1v) is 7.43. The van der Waals surface area contributed by atoms with E-state index in [0.29, 0.717) is 5.56 Å². The number of hydrogen-bond donors (Lipinski definition) is 1. The highest BCUT2D eigenvalue weighted by Gasteiger charge is 2.30. The zero-order valence-electron chi connectivity index (χ0n) is 12.3. The van der Waals surface area contributed by atoms with E-state index in [1.807, 2.05) is 60.7 Å². The predicted octanol–water partition coefficient (Wildman–Crippen LogP) is 4.67. The van der Waals surface area contributed by atoms with Crippen molar-refractivity contribution in [2.24, 2.45) is 0 Å². The van der Waals surface area contributed by atoms with Crippen LogP contribution in [0.1, 0.15) is 33.0 Å². The number of ether oxygens (including phenoxy) is 1. The summed E-state index contributed by atoms with van der Waals surface area (Å²) in [6.07, 6.45) is 0. The van der Waals surface area contributed by atoms with Crippen molar-refractivity contribution in [1.82, 2.24) is 0 Å². The quantitative estimate of drug-likeness (QED) is 0.585. The minimum atomic E-state index is -0.915. The fourth-order valence-electron chi connectivity index (χ4n) is 3.19. The van der Waals surface area contributed by atoms with E-state index >= 15 is 0 Å². The number of fused-ring (bicyclic) bond motifs is 2. The first-order chi connectivity index (χ1) is 11.3. The average molecular weight is 302 g/mol. The Kier molecular flexibility index (Phi) is 3.12. The van der Waals surface area contributed by atoms with Crippen LogP contribution < -0.4 is 4.74 Å². The molecule has 0 spiro atoms. The number of rotatable bonds is 2. The van der Waals surface area contributed by atoms with Crippen molar-refractivity contribution in [3.8, 4) is 11.5 Å². The summed E-state index contributed by atoms with van der Waals surface area (Å²) in [7, 11) is 0. The second-order valence-corrected chi connectivity index (χ2v) is 5.50. The van der Waals surface area contributed by atoms with Gasteiger partial charge in [0.05, 0.1) is 5.56 Å². The van der Waals surface area contributed by atoms with Gasteiger partial charge in [0.25, 0.3) is 0 Å². The minimum absolute atomic E-state index is 0.150. The first-order valence-electron chi connectivity index (χ1n) is 7.43. The summed E-state index contributed by atoms with van der Waals surface area (Å²) < 4.78 is 5.98. The summed E-state index contributed by atoms with van der Waals surface area (Å²) in [4.78, 5) is 11.7. The Hall–Kier alpha value is -3.07. The summed E-state index contributed by atoms with van der Waals surface area (Å²) in [5, 5.41) is 9.56. The Labute approximate surface area is 133 Å². The summed E-state index contributed by atoms with van der Waals surface area (Å²) in [5.41, 5.74) is 3.08. The maximum atomic E-state index is 11.7. The van der Waals surface area contributed by atoms with Gasteiger partial charge < -0.3 is 9.84 Å². The summed E-state index contributed by atoms with van der Waals surface area (Å²) in [5.74, 6) is 0.485. The molecular formula is C20H14O3. The van der Waals surface area contributed by atoms with E-state index in [2.05, 4.69) is 0 Å². The van der Waals surface area contributed by atoms with Crippen molar-refractivity contribution in [3.05, 3.63) is 95.1 Å². The molecule has 0 amide bonds. The third-order valence-electron chi connectivity index (χ3n) is 4.18. The van der Waals surface area contributed by atoms with Gasteiger partial charge in [0.1, 0.15) is 11.5 Å². The van der Waals surface area contributed by atoms with Crippen molar-refractivity contribution in [3.63, 3.8) is 0 Å². The molecule has 3 aromatic carbocycles. The molecule has 0 saturated carbocycles. The highest BCUT2D eigenvalue weighted by atomic mass is 16.5. The molecule has 23 heavy (non-hydrogen) atoms. The highest BCUT2D eigenvalue weighted by Crippen LogP contribution is 2.47. The standard InChI is InChI=1S/C20H14O3/c21-20(22)14-8-2-1-7-13(14)19-15-9-3-5-11-17(15)23-18-12-6-4-10-16(18)19/h1-12,19H,(H,21,22). The van der Waals surface area contributed by atoms with Gasteiger partial charge in [0.15, 0.2) is 0 Å². The molecule has 0 fully saturated rings. The molecule has 3 nitrogen and oxygen atoms in total. The van der Waals surface area contributed by atoms with Crippen LogP contribution in [0.15, 0.2) is 72.8 Å². The van der Waals surface area contributed by atoms with Crippen molar-refractivity contribution in [2.75, 3.05) is 0 Å². The largest absolute Gasteiger partial charge is 0.478 e. The molecule has 1 heterocycles. The van der Waals surface area contributed by atoms with Crippen molar-refractivity contribution >= 4 is 5.97 Å². The second-order valence-electron chi connectivity index (χ2n) is 5.50. The topological polar surface area (TPSA) is 46.5 Å². The van der Waals surface area contributed by atoms with Crippen LogP contribution in [0.5, 0.6) is 11.5 Å². The van der Waals surface area contributed by atoms with Crippen molar-refractivity contribution in [2.45, 2.75) is 5.92 Å². The lowest BCUT2D eigenvalue weighted by molar-refractivity contribution is 0.0695. The summed E-state index contributed by atoms with van der Waals surface area (Å²) in [6.45, 7) is 0. The van der Waals surface area contributed by atoms with Gasteiger partial charge >= 0.3 is 5.97 Å². The number of aromatic carboxylic acids is 1. The van der Waals surface area contributed by atoms with Crippen LogP contribution in [-0.4, -0.2) is 11.1 Å². The maximum Gasteiger partial charge on any atom is 0.335 e. The van der Waals surface area contributed by atoms with Gasteiger partial charge in [0, 0.05) is 17.0 Å². The smallest absolute Gasteiger partial charge is 0.335 e. The fraction of sp³-hybridized carbons (Fsp3) is 0.0500. The molecule has 1 N–H and O–H groups in total. The Morgan fingerprint density at radius 2 is 1.22 bits per heavy atom. The Balaban J connectivity index is 2.01. The Morgan fingerprint density at radius 3 is 1.78 bits per heavy atom. The van der Waals surface area contributed by atoms with Gasteiger partial charge in [-0.1, -0.05) is 54.6 Å². The van der Waals surface area contributed by atoms with Gasteiger partial charge in [-0.25, -0.2) is 4.79 Å². The van der Waals surface area contributed by atoms with Crippen molar-refractivity contribution in [1.29, 1.82) is 0 Å². The number of carboxylic acids is 1. The Bertz CT molecular complexity index is 853. The number of para-hydroxylation sites is 2. The van der Waals surface area contributed by atoms with E-state index in [0.717, 1.165) is 28.2 Å². The van der Waals surface area contributed by atoms with E-state index in [4.69, 9.17) is 4.74 Å². The Morgan fingerprint density at radius 1 is 0.739 bits per heavy atom. The van der Waals surface area contributed by atoms with E-state index in [-0.39, 0.29) is 5.92 Å². The average Bonchev–Trinajstić information content (AvgIpc) is 2.59. The third kappa shape index (κ3) is 2.18. The van der Waals surface area contributed by atoms with E-state index in [1.165, 1.54) is 0 Å². The van der Waals surface area contributed by atoms with Crippen LogP contribution in [0.2, 0.25) is 0 Å². The van der Waals surface area contributed by atoms with Crippen LogP contribution in [0, 0.1) is 0 Å². The molecule has 0 atom stereocenters. The molecule has 3 heteroatoms. The van der Waals surface area contributed by atoms with Gasteiger partial charge in [-0.05, 0) is 23.8 Å². The van der Waals surface area contributed by atoms with Crippen LogP contribution in [0.3, 0.4) is 0 Å². The molecule has 3 aromatic rings. The van der Waals surface area contributed by atoms with E-state index in [1.54, 1.807) is 12.1 Å². The number of hydrogen-bond acceptors (Lipinski definition) is 2. The zero-order chi connectivity index (χ0) is 15.8. The molecule has 0 aromatic heterocycles. The molecule has 0 saturated heterocycles. The van der Waals surface area contributed by atoms with Crippen molar-refractivity contribution < 1.29 is 14.6 Å². The van der Waals surface area contributed by atoms with Gasteiger partial charge in [-0.2, -0.15) is 0 Å². The second kappa shape index (κ2) is 5.29. The lowest BCUT2D eigenvalue weighted by Gasteiger charge is -2.29. The van der Waals surface area contributed by atoms with Gasteiger partial charge in [0.2, 0.25) is 0 Å². The van der Waals surface area contributed by atoms with Crippen LogP contribution in [0.4, 0.5) is 0 Å². The number of carbonyl (C=O) groups is 1.